The maximum absolute atomic E-state index is 12.3. The molecule has 0 aromatic heterocycles. The first kappa shape index (κ1) is 25.7. The molecule has 13 N–H and O–H groups in total. The molecule has 164 valence electrons. The number of aliphatic hydroxyl groups excluding tert-OH is 2. The average molecular weight is 419 g/mol. The lowest BCUT2D eigenvalue weighted by molar-refractivity contribution is -0.135. The molecule has 0 unspecified atom stereocenters. The van der Waals surface area contributed by atoms with Crippen molar-refractivity contribution in [2.45, 2.75) is 37.0 Å². The minimum atomic E-state index is -1.63. The van der Waals surface area contributed by atoms with Gasteiger partial charge in [0.2, 0.25) is 35.4 Å². The molecule has 0 saturated carbocycles. The summed E-state index contributed by atoms with van der Waals surface area (Å²) in [5.41, 5.74) is 20.3. The van der Waals surface area contributed by atoms with E-state index in [9.17, 15) is 33.9 Å². The van der Waals surface area contributed by atoms with Crippen LogP contribution in [-0.2, 0) is 28.8 Å². The maximum atomic E-state index is 12.3. The summed E-state index contributed by atoms with van der Waals surface area (Å²) in [6.45, 7) is -1.64. The third kappa shape index (κ3) is 9.45. The quantitative estimate of drug-likeness (QED) is 0.137. The molecule has 15 nitrogen and oxygen atoms in total. The highest BCUT2D eigenvalue weighted by atomic mass is 16.3. The van der Waals surface area contributed by atoms with Crippen molar-refractivity contribution in [2.24, 2.45) is 22.9 Å². The third-order valence-electron chi connectivity index (χ3n) is 3.45. The van der Waals surface area contributed by atoms with Gasteiger partial charge in [-0.1, -0.05) is 0 Å². The molecule has 0 spiro atoms. The molecule has 0 aromatic carbocycles. The van der Waals surface area contributed by atoms with Gasteiger partial charge < -0.3 is 49.1 Å². The maximum Gasteiger partial charge on any atom is 0.245 e. The average Bonchev–Trinajstić information content (AvgIpc) is 2.62. The molecule has 0 aliphatic heterocycles. The van der Waals surface area contributed by atoms with E-state index in [1.807, 2.05) is 10.6 Å². The normalized spacial score (nSPS) is 14.6. The number of hydrogen-bond acceptors (Lipinski definition) is 9. The van der Waals surface area contributed by atoms with Crippen molar-refractivity contribution >= 4 is 35.4 Å². The number of carbonyl (C=O) groups is 6. The fourth-order valence-electron chi connectivity index (χ4n) is 1.93. The van der Waals surface area contributed by atoms with Crippen molar-refractivity contribution in [3.8, 4) is 0 Å². The van der Waals surface area contributed by atoms with Gasteiger partial charge in [0.05, 0.1) is 26.1 Å². The molecule has 6 amide bonds. The summed E-state index contributed by atoms with van der Waals surface area (Å²) in [4.78, 5) is 69.6. The Hall–Kier alpha value is -3.30. The summed E-state index contributed by atoms with van der Waals surface area (Å²) in [5.74, 6) is -6.22. The number of amides is 6. The van der Waals surface area contributed by atoms with Gasteiger partial charge in [-0.15, -0.1) is 0 Å². The molecule has 0 rings (SSSR count). The zero-order valence-corrected chi connectivity index (χ0v) is 15.3. The monoisotopic (exact) mass is 419 g/mol. The Kier molecular flexibility index (Phi) is 10.8. The van der Waals surface area contributed by atoms with Crippen LogP contribution in [0.4, 0.5) is 0 Å². The van der Waals surface area contributed by atoms with E-state index in [0.717, 1.165) is 0 Å². The Balaban J connectivity index is 5.29. The third-order valence-corrected chi connectivity index (χ3v) is 3.45. The number of nitrogens with one attached hydrogen (secondary N) is 3. The van der Waals surface area contributed by atoms with Gasteiger partial charge in [-0.2, -0.15) is 0 Å². The van der Waals surface area contributed by atoms with Gasteiger partial charge in [0.15, 0.2) is 0 Å². The molecule has 0 bridgehead atoms. The van der Waals surface area contributed by atoms with Gasteiger partial charge in [-0.3, -0.25) is 28.8 Å². The summed E-state index contributed by atoms with van der Waals surface area (Å²) < 4.78 is 0. The lowest BCUT2D eigenvalue weighted by atomic mass is 10.1. The molecule has 0 fully saturated rings. The van der Waals surface area contributed by atoms with E-state index in [4.69, 9.17) is 28.0 Å². The summed E-state index contributed by atoms with van der Waals surface area (Å²) in [6, 6.07) is -6.09. The first-order chi connectivity index (χ1) is 13.4. The highest BCUT2D eigenvalue weighted by Gasteiger charge is 2.31. The predicted octanol–water partition coefficient (Wildman–Crippen LogP) is -7.01. The van der Waals surface area contributed by atoms with Gasteiger partial charge in [0, 0.05) is 0 Å². The van der Waals surface area contributed by atoms with Gasteiger partial charge >= 0.3 is 0 Å². The molecule has 4 atom stereocenters. The van der Waals surface area contributed by atoms with Crippen molar-refractivity contribution in [2.75, 3.05) is 13.2 Å². The summed E-state index contributed by atoms with van der Waals surface area (Å²) >= 11 is 0. The van der Waals surface area contributed by atoms with Crippen LogP contribution < -0.4 is 38.9 Å². The van der Waals surface area contributed by atoms with E-state index in [-0.39, 0.29) is 0 Å². The van der Waals surface area contributed by atoms with Crippen LogP contribution in [0.25, 0.3) is 0 Å². The van der Waals surface area contributed by atoms with Crippen molar-refractivity contribution in [1.82, 2.24) is 16.0 Å². The standard InChI is InChI=1S/C14H25N7O8/c15-5(3-22)12(27)21-8(4-23)14(29)20-7(2-10(17)25)13(28)19-6(11(18)26)1-9(16)24/h5-8,22-23H,1-4,15H2,(H2,16,24)(H2,17,25)(H2,18,26)(H,19,28)(H,20,29)(H,21,27)/t5-,6-,7-,8-/m0/s1. The molecule has 0 aromatic rings. The number of rotatable bonds is 13. The van der Waals surface area contributed by atoms with Crippen LogP contribution in [0, 0.1) is 0 Å². The Morgan fingerprint density at radius 1 is 0.655 bits per heavy atom. The van der Waals surface area contributed by atoms with E-state index in [0.29, 0.717) is 0 Å². The Labute approximate surface area is 164 Å². The van der Waals surface area contributed by atoms with Crippen molar-refractivity contribution in [1.29, 1.82) is 0 Å². The second-order valence-electron chi connectivity index (χ2n) is 5.90. The zero-order chi connectivity index (χ0) is 22.7. The molecule has 0 radical (unpaired) electrons. The van der Waals surface area contributed by atoms with Crippen molar-refractivity contribution < 1.29 is 39.0 Å². The van der Waals surface area contributed by atoms with Crippen molar-refractivity contribution in [3.63, 3.8) is 0 Å². The lowest BCUT2D eigenvalue weighted by Crippen LogP contribution is -2.59. The fourth-order valence-corrected chi connectivity index (χ4v) is 1.93. The summed E-state index contributed by atoms with van der Waals surface area (Å²) in [5, 5.41) is 24.2. The van der Waals surface area contributed by atoms with E-state index in [1.54, 1.807) is 0 Å². The smallest absolute Gasteiger partial charge is 0.245 e. The highest BCUT2D eigenvalue weighted by Crippen LogP contribution is 1.98. The number of carbonyl (C=O) groups excluding carboxylic acids is 6. The van der Waals surface area contributed by atoms with Crippen LogP contribution in [0.5, 0.6) is 0 Å². The summed E-state index contributed by atoms with van der Waals surface area (Å²) in [6.07, 6.45) is -1.35. The summed E-state index contributed by atoms with van der Waals surface area (Å²) in [7, 11) is 0. The van der Waals surface area contributed by atoms with Crippen molar-refractivity contribution in [3.05, 3.63) is 0 Å². The first-order valence-corrected chi connectivity index (χ1v) is 8.17. The van der Waals surface area contributed by atoms with E-state index >= 15 is 0 Å². The van der Waals surface area contributed by atoms with Crippen LogP contribution in [-0.4, -0.2) is 83.0 Å². The number of primary amides is 3. The van der Waals surface area contributed by atoms with E-state index < -0.39 is 85.7 Å². The van der Waals surface area contributed by atoms with Gasteiger partial charge in [-0.25, -0.2) is 0 Å². The molecular formula is C14H25N7O8. The van der Waals surface area contributed by atoms with E-state index in [2.05, 4.69) is 5.32 Å². The molecule has 15 heteroatoms. The van der Waals surface area contributed by atoms with Gasteiger partial charge in [0.25, 0.3) is 0 Å². The molecule has 0 aliphatic rings. The lowest BCUT2D eigenvalue weighted by Gasteiger charge is -2.23. The largest absolute Gasteiger partial charge is 0.394 e. The van der Waals surface area contributed by atoms with Crippen LogP contribution in [0.2, 0.25) is 0 Å². The van der Waals surface area contributed by atoms with Crippen LogP contribution >= 0.6 is 0 Å². The van der Waals surface area contributed by atoms with Gasteiger partial charge in [-0.05, 0) is 0 Å². The molecular weight excluding hydrogens is 394 g/mol. The number of nitrogens with two attached hydrogens (primary N) is 4. The second-order valence-corrected chi connectivity index (χ2v) is 5.90. The molecule has 0 aliphatic carbocycles. The molecule has 0 saturated heterocycles. The van der Waals surface area contributed by atoms with Crippen LogP contribution in [0.15, 0.2) is 0 Å². The molecule has 0 heterocycles. The Morgan fingerprint density at radius 2 is 1.07 bits per heavy atom. The number of aliphatic hydroxyl groups is 2. The highest BCUT2D eigenvalue weighted by molar-refractivity contribution is 5.97. The minimum absolute atomic E-state index is 0.632. The Bertz CT molecular complexity index is 656. The SMILES string of the molecule is NC(=O)C[C@H](NC(=O)[C@H](CC(N)=O)NC(=O)[C@H](CO)NC(=O)[C@@H](N)CO)C(N)=O. The minimum Gasteiger partial charge on any atom is -0.394 e. The number of hydrogen-bond donors (Lipinski definition) is 9. The topological polar surface area (TPSA) is 283 Å². The zero-order valence-electron chi connectivity index (χ0n) is 15.3. The van der Waals surface area contributed by atoms with E-state index in [1.165, 1.54) is 0 Å². The molecule has 29 heavy (non-hydrogen) atoms. The first-order valence-electron chi connectivity index (χ1n) is 8.17. The van der Waals surface area contributed by atoms with Crippen LogP contribution in [0.3, 0.4) is 0 Å². The second kappa shape index (κ2) is 12.2. The Morgan fingerprint density at radius 3 is 1.48 bits per heavy atom. The van der Waals surface area contributed by atoms with Gasteiger partial charge in [0.1, 0.15) is 24.2 Å². The fraction of sp³-hybridized carbons (Fsp3) is 0.571. The van der Waals surface area contributed by atoms with Crippen LogP contribution in [0.1, 0.15) is 12.8 Å². The predicted molar refractivity (Wildman–Crippen MR) is 94.8 cm³/mol.